The van der Waals surface area contributed by atoms with Crippen LogP contribution in [0.2, 0.25) is 0 Å². The minimum Gasteiger partial charge on any atom is -0.298 e. The van der Waals surface area contributed by atoms with Crippen LogP contribution in [-0.2, 0) is 0 Å². The van der Waals surface area contributed by atoms with E-state index < -0.39 is 6.17 Å². The van der Waals surface area contributed by atoms with Crippen LogP contribution in [0.15, 0.2) is 0 Å². The standard InChI is InChI=1S/C5H10FN.C2H6/c1-2-7-3-5(6)4-7;1-2/h5H,2-4H2,1H3;1-2H3. The van der Waals surface area contributed by atoms with E-state index in [0.29, 0.717) is 13.1 Å². The van der Waals surface area contributed by atoms with Crippen molar-refractivity contribution in [3.63, 3.8) is 0 Å². The fraction of sp³-hybridized carbons (Fsp3) is 1.00. The summed E-state index contributed by atoms with van der Waals surface area (Å²) in [7, 11) is 0. The van der Waals surface area contributed by atoms with E-state index in [4.69, 9.17) is 0 Å². The first-order valence-electron chi connectivity index (χ1n) is 3.69. The lowest BCUT2D eigenvalue weighted by Gasteiger charge is -2.32. The Morgan fingerprint density at radius 1 is 1.44 bits per heavy atom. The molecule has 0 unspecified atom stereocenters. The Hall–Kier alpha value is -0.110. The zero-order valence-corrected chi connectivity index (χ0v) is 6.52. The molecule has 1 fully saturated rings. The maximum absolute atomic E-state index is 11.9. The first-order chi connectivity index (χ1) is 4.33. The van der Waals surface area contributed by atoms with Crippen LogP contribution >= 0.6 is 0 Å². The molecule has 1 aliphatic rings. The van der Waals surface area contributed by atoms with Gasteiger partial charge in [-0.2, -0.15) is 0 Å². The monoisotopic (exact) mass is 133 g/mol. The second-order valence-corrected chi connectivity index (χ2v) is 1.95. The highest BCUT2D eigenvalue weighted by Crippen LogP contribution is 2.08. The number of hydrogen-bond acceptors (Lipinski definition) is 1. The van der Waals surface area contributed by atoms with Crippen LogP contribution in [0.1, 0.15) is 20.8 Å². The summed E-state index contributed by atoms with van der Waals surface area (Å²) in [6.07, 6.45) is -0.528. The van der Waals surface area contributed by atoms with Crippen molar-refractivity contribution in [2.75, 3.05) is 19.6 Å². The van der Waals surface area contributed by atoms with Gasteiger partial charge in [0.15, 0.2) is 0 Å². The van der Waals surface area contributed by atoms with Crippen molar-refractivity contribution in [2.24, 2.45) is 0 Å². The molecule has 56 valence electrons. The molecule has 0 aromatic heterocycles. The third-order valence-electron chi connectivity index (χ3n) is 1.36. The lowest BCUT2D eigenvalue weighted by Crippen LogP contribution is -2.47. The molecule has 0 N–H and O–H groups in total. The van der Waals surface area contributed by atoms with Gasteiger partial charge in [0.1, 0.15) is 6.17 Å². The van der Waals surface area contributed by atoms with Crippen molar-refractivity contribution in [3.8, 4) is 0 Å². The quantitative estimate of drug-likeness (QED) is 0.526. The Labute approximate surface area is 56.9 Å². The van der Waals surface area contributed by atoms with Gasteiger partial charge in [-0.15, -0.1) is 0 Å². The van der Waals surface area contributed by atoms with E-state index >= 15 is 0 Å². The topological polar surface area (TPSA) is 3.24 Å². The Bertz CT molecular complexity index is 59.9. The normalized spacial score (nSPS) is 20.0. The van der Waals surface area contributed by atoms with Crippen molar-refractivity contribution in [1.82, 2.24) is 4.90 Å². The van der Waals surface area contributed by atoms with Crippen molar-refractivity contribution in [2.45, 2.75) is 26.9 Å². The second kappa shape index (κ2) is 4.74. The highest BCUT2D eigenvalue weighted by atomic mass is 19.1. The minimum absolute atomic E-state index is 0.528. The Kier molecular flexibility index (Phi) is 4.68. The van der Waals surface area contributed by atoms with E-state index in [1.807, 2.05) is 20.8 Å². The third kappa shape index (κ3) is 2.80. The van der Waals surface area contributed by atoms with Crippen molar-refractivity contribution in [1.29, 1.82) is 0 Å². The first kappa shape index (κ1) is 8.89. The lowest BCUT2D eigenvalue weighted by atomic mass is 10.2. The SMILES string of the molecule is CC.CCN1CC(F)C1. The van der Waals surface area contributed by atoms with Gasteiger partial charge < -0.3 is 0 Å². The predicted octanol–water partition coefficient (Wildman–Crippen LogP) is 1.69. The number of rotatable bonds is 1. The van der Waals surface area contributed by atoms with Crippen LogP contribution in [0.5, 0.6) is 0 Å². The number of halogens is 1. The molecule has 0 spiro atoms. The summed E-state index contributed by atoms with van der Waals surface area (Å²) in [6, 6.07) is 0. The van der Waals surface area contributed by atoms with Crippen molar-refractivity contribution >= 4 is 0 Å². The Morgan fingerprint density at radius 2 is 1.89 bits per heavy atom. The molecule has 9 heavy (non-hydrogen) atoms. The molecule has 0 aromatic carbocycles. The maximum atomic E-state index is 11.9. The highest BCUT2D eigenvalue weighted by Gasteiger charge is 2.23. The van der Waals surface area contributed by atoms with Crippen LogP contribution in [-0.4, -0.2) is 30.7 Å². The van der Waals surface area contributed by atoms with E-state index in [-0.39, 0.29) is 0 Å². The van der Waals surface area contributed by atoms with Gasteiger partial charge in [-0.25, -0.2) is 4.39 Å². The van der Waals surface area contributed by atoms with Crippen LogP contribution < -0.4 is 0 Å². The molecule has 0 saturated carbocycles. The molecule has 0 aromatic rings. The molecule has 1 saturated heterocycles. The van der Waals surface area contributed by atoms with Gasteiger partial charge in [-0.3, -0.25) is 4.90 Å². The van der Waals surface area contributed by atoms with Crippen LogP contribution in [0.3, 0.4) is 0 Å². The van der Waals surface area contributed by atoms with Gasteiger partial charge in [0.2, 0.25) is 0 Å². The molecule has 2 heteroatoms. The minimum atomic E-state index is -0.528. The lowest BCUT2D eigenvalue weighted by molar-refractivity contribution is 0.0712. The van der Waals surface area contributed by atoms with E-state index in [9.17, 15) is 4.39 Å². The fourth-order valence-electron chi connectivity index (χ4n) is 0.765. The molecule has 0 amide bonds. The van der Waals surface area contributed by atoms with Crippen LogP contribution in [0.4, 0.5) is 4.39 Å². The highest BCUT2D eigenvalue weighted by molar-refractivity contribution is 4.77. The average molecular weight is 133 g/mol. The number of hydrogen-bond donors (Lipinski definition) is 0. The van der Waals surface area contributed by atoms with Gasteiger partial charge in [0, 0.05) is 13.1 Å². The van der Waals surface area contributed by atoms with E-state index in [1.54, 1.807) is 0 Å². The molecule has 1 aliphatic heterocycles. The zero-order chi connectivity index (χ0) is 7.28. The Balaban J connectivity index is 0.000000291. The number of alkyl halides is 1. The first-order valence-corrected chi connectivity index (χ1v) is 3.69. The second-order valence-electron chi connectivity index (χ2n) is 1.95. The molecule has 0 radical (unpaired) electrons. The maximum Gasteiger partial charge on any atom is 0.125 e. The molecule has 1 rings (SSSR count). The molecule has 1 heterocycles. The van der Waals surface area contributed by atoms with Gasteiger partial charge in [0.25, 0.3) is 0 Å². The summed E-state index contributed by atoms with van der Waals surface area (Å²) >= 11 is 0. The molecular formula is C7H16FN. The predicted molar refractivity (Wildman–Crippen MR) is 38.4 cm³/mol. The van der Waals surface area contributed by atoms with Crippen LogP contribution in [0.25, 0.3) is 0 Å². The summed E-state index contributed by atoms with van der Waals surface area (Å²) in [5.74, 6) is 0. The van der Waals surface area contributed by atoms with E-state index in [0.717, 1.165) is 6.54 Å². The summed E-state index contributed by atoms with van der Waals surface area (Å²) < 4.78 is 11.9. The molecule has 0 bridgehead atoms. The van der Waals surface area contributed by atoms with Gasteiger partial charge in [-0.05, 0) is 6.54 Å². The van der Waals surface area contributed by atoms with Gasteiger partial charge in [-0.1, -0.05) is 20.8 Å². The number of likely N-dealkylation sites (tertiary alicyclic amines) is 1. The summed E-state index contributed by atoms with van der Waals surface area (Å²) in [4.78, 5) is 2.07. The summed E-state index contributed by atoms with van der Waals surface area (Å²) in [5, 5.41) is 0. The molecule has 0 aliphatic carbocycles. The van der Waals surface area contributed by atoms with Crippen LogP contribution in [0, 0.1) is 0 Å². The summed E-state index contributed by atoms with van der Waals surface area (Å²) in [6.45, 7) is 8.37. The van der Waals surface area contributed by atoms with E-state index in [1.165, 1.54) is 0 Å². The van der Waals surface area contributed by atoms with Crippen molar-refractivity contribution < 1.29 is 4.39 Å². The largest absolute Gasteiger partial charge is 0.298 e. The fourth-order valence-corrected chi connectivity index (χ4v) is 0.765. The summed E-state index contributed by atoms with van der Waals surface area (Å²) in [5.41, 5.74) is 0. The third-order valence-corrected chi connectivity index (χ3v) is 1.36. The smallest absolute Gasteiger partial charge is 0.125 e. The average Bonchev–Trinajstić information content (AvgIpc) is 1.86. The number of nitrogens with zero attached hydrogens (tertiary/aromatic N) is 1. The molecule has 0 atom stereocenters. The van der Waals surface area contributed by atoms with Gasteiger partial charge >= 0.3 is 0 Å². The van der Waals surface area contributed by atoms with E-state index in [2.05, 4.69) is 4.90 Å². The molecular weight excluding hydrogens is 117 g/mol. The Morgan fingerprint density at radius 3 is 2.00 bits per heavy atom. The van der Waals surface area contributed by atoms with Crippen molar-refractivity contribution in [3.05, 3.63) is 0 Å². The zero-order valence-electron chi connectivity index (χ0n) is 6.52. The van der Waals surface area contributed by atoms with Gasteiger partial charge in [0.05, 0.1) is 0 Å². The molecule has 1 nitrogen and oxygen atoms in total.